The van der Waals surface area contributed by atoms with E-state index in [0.29, 0.717) is 12.0 Å². The Hall–Kier alpha value is -0.930. The molecule has 2 aromatic rings. The first kappa shape index (κ1) is 11.2. The summed E-state index contributed by atoms with van der Waals surface area (Å²) in [4.78, 5) is 4.79. The minimum atomic E-state index is 0.377. The monoisotopic (exact) mass is 246 g/mol. The second kappa shape index (κ2) is 4.39. The van der Waals surface area contributed by atoms with Crippen molar-refractivity contribution in [1.82, 2.24) is 4.98 Å². The molecule has 2 atom stereocenters. The number of thiazole rings is 1. The number of fused-ring (bicyclic) bond motifs is 1. The minimum absolute atomic E-state index is 0.377. The van der Waals surface area contributed by atoms with Crippen LogP contribution in [-0.4, -0.2) is 11.0 Å². The summed E-state index contributed by atoms with van der Waals surface area (Å²) in [5.41, 5.74) is 8.50. The Morgan fingerprint density at radius 3 is 3.06 bits per heavy atom. The minimum Gasteiger partial charge on any atom is -0.328 e. The predicted molar refractivity (Wildman–Crippen MR) is 73.5 cm³/mol. The van der Waals surface area contributed by atoms with Crippen LogP contribution in [0.1, 0.15) is 42.2 Å². The van der Waals surface area contributed by atoms with Crippen LogP contribution >= 0.6 is 11.3 Å². The summed E-state index contributed by atoms with van der Waals surface area (Å²) in [6, 6.07) is 6.91. The maximum atomic E-state index is 6.06. The van der Waals surface area contributed by atoms with Gasteiger partial charge in [-0.2, -0.15) is 0 Å². The van der Waals surface area contributed by atoms with Crippen molar-refractivity contribution in [3.05, 3.63) is 28.8 Å². The van der Waals surface area contributed by atoms with E-state index in [9.17, 15) is 0 Å². The second-order valence-corrected chi connectivity index (χ2v) is 6.21. The summed E-state index contributed by atoms with van der Waals surface area (Å²) in [6.45, 7) is 2.12. The summed E-state index contributed by atoms with van der Waals surface area (Å²) in [5.74, 6) is 0.594. The maximum Gasteiger partial charge on any atom is 0.0970 e. The van der Waals surface area contributed by atoms with Gasteiger partial charge < -0.3 is 5.73 Å². The number of hydrogen-bond acceptors (Lipinski definition) is 3. The third kappa shape index (κ3) is 2.22. The SMILES string of the molecule is Cc1ccc2sc(C3CCCC(N)C3)nc2c1. The maximum absolute atomic E-state index is 6.06. The molecule has 17 heavy (non-hydrogen) atoms. The molecular formula is C14H18N2S. The molecule has 0 radical (unpaired) electrons. The molecule has 1 heterocycles. The first-order valence-electron chi connectivity index (χ1n) is 6.35. The molecule has 2 unspecified atom stereocenters. The summed E-state index contributed by atoms with van der Waals surface area (Å²) in [5, 5.41) is 1.29. The Labute approximate surface area is 106 Å². The van der Waals surface area contributed by atoms with E-state index in [1.807, 2.05) is 11.3 Å². The lowest BCUT2D eigenvalue weighted by atomic mass is 9.87. The Morgan fingerprint density at radius 2 is 2.24 bits per heavy atom. The molecular weight excluding hydrogens is 228 g/mol. The van der Waals surface area contributed by atoms with Gasteiger partial charge in [0.15, 0.2) is 0 Å². The molecule has 0 aliphatic heterocycles. The Kier molecular flexibility index (Phi) is 2.89. The topological polar surface area (TPSA) is 38.9 Å². The number of aromatic nitrogens is 1. The van der Waals surface area contributed by atoms with Gasteiger partial charge in [0.05, 0.1) is 15.2 Å². The highest BCUT2D eigenvalue weighted by molar-refractivity contribution is 7.18. The van der Waals surface area contributed by atoms with Gasteiger partial charge in [0, 0.05) is 12.0 Å². The van der Waals surface area contributed by atoms with Gasteiger partial charge in [-0.1, -0.05) is 12.5 Å². The molecule has 3 rings (SSSR count). The van der Waals surface area contributed by atoms with Gasteiger partial charge in [0.1, 0.15) is 0 Å². The zero-order valence-corrected chi connectivity index (χ0v) is 11.0. The van der Waals surface area contributed by atoms with E-state index in [0.717, 1.165) is 11.9 Å². The summed E-state index contributed by atoms with van der Waals surface area (Å²) >= 11 is 1.85. The van der Waals surface area contributed by atoms with E-state index < -0.39 is 0 Å². The van der Waals surface area contributed by atoms with Crippen LogP contribution in [-0.2, 0) is 0 Å². The van der Waals surface area contributed by atoms with Crippen LogP contribution in [0.2, 0.25) is 0 Å². The first-order valence-corrected chi connectivity index (χ1v) is 7.16. The molecule has 90 valence electrons. The lowest BCUT2D eigenvalue weighted by Crippen LogP contribution is -2.26. The normalized spacial score (nSPS) is 25.3. The van der Waals surface area contributed by atoms with Crippen LogP contribution < -0.4 is 5.73 Å². The van der Waals surface area contributed by atoms with Gasteiger partial charge >= 0.3 is 0 Å². The van der Waals surface area contributed by atoms with Crippen LogP contribution in [0, 0.1) is 6.92 Å². The quantitative estimate of drug-likeness (QED) is 0.835. The molecule has 2 nitrogen and oxygen atoms in total. The third-order valence-corrected chi connectivity index (χ3v) is 4.82. The molecule has 0 saturated heterocycles. The fourth-order valence-corrected chi connectivity index (χ4v) is 3.78. The van der Waals surface area contributed by atoms with Crippen LogP contribution in [0.15, 0.2) is 18.2 Å². The van der Waals surface area contributed by atoms with Gasteiger partial charge in [-0.25, -0.2) is 4.98 Å². The first-order chi connectivity index (χ1) is 8.22. The smallest absolute Gasteiger partial charge is 0.0970 e. The number of nitrogens with zero attached hydrogens (tertiary/aromatic N) is 1. The summed E-state index contributed by atoms with van der Waals surface area (Å²) in [6.07, 6.45) is 4.80. The molecule has 0 spiro atoms. The molecule has 1 fully saturated rings. The van der Waals surface area contributed by atoms with E-state index in [4.69, 9.17) is 10.7 Å². The van der Waals surface area contributed by atoms with Crippen molar-refractivity contribution in [3.8, 4) is 0 Å². The number of rotatable bonds is 1. The summed E-state index contributed by atoms with van der Waals surface area (Å²) in [7, 11) is 0. The Morgan fingerprint density at radius 1 is 1.35 bits per heavy atom. The highest BCUT2D eigenvalue weighted by Crippen LogP contribution is 2.36. The molecule has 0 bridgehead atoms. The standard InChI is InChI=1S/C14H18N2S/c1-9-5-6-13-12(7-9)16-14(17-13)10-3-2-4-11(15)8-10/h5-7,10-11H,2-4,8,15H2,1H3. The van der Waals surface area contributed by atoms with E-state index in [-0.39, 0.29) is 0 Å². The van der Waals surface area contributed by atoms with Gasteiger partial charge in [-0.05, 0) is 43.9 Å². The van der Waals surface area contributed by atoms with Crippen molar-refractivity contribution < 1.29 is 0 Å². The Balaban J connectivity index is 1.94. The van der Waals surface area contributed by atoms with E-state index in [1.54, 1.807) is 0 Å². The Bertz CT molecular complexity index is 532. The van der Waals surface area contributed by atoms with Gasteiger partial charge in [-0.15, -0.1) is 11.3 Å². The zero-order valence-electron chi connectivity index (χ0n) is 10.1. The van der Waals surface area contributed by atoms with Crippen LogP contribution in [0.3, 0.4) is 0 Å². The average molecular weight is 246 g/mol. The predicted octanol–water partition coefficient (Wildman–Crippen LogP) is 3.59. The van der Waals surface area contributed by atoms with E-state index in [1.165, 1.54) is 34.5 Å². The molecule has 3 heteroatoms. The van der Waals surface area contributed by atoms with E-state index in [2.05, 4.69) is 25.1 Å². The molecule has 1 aromatic carbocycles. The fourth-order valence-electron chi connectivity index (χ4n) is 2.68. The number of hydrogen-bond donors (Lipinski definition) is 1. The van der Waals surface area contributed by atoms with Gasteiger partial charge in [-0.3, -0.25) is 0 Å². The van der Waals surface area contributed by atoms with Gasteiger partial charge in [0.2, 0.25) is 0 Å². The lowest BCUT2D eigenvalue weighted by molar-refractivity contribution is 0.393. The van der Waals surface area contributed by atoms with Crippen molar-refractivity contribution >= 4 is 21.6 Å². The molecule has 1 saturated carbocycles. The third-order valence-electron chi connectivity index (χ3n) is 3.62. The van der Waals surface area contributed by atoms with Crippen LogP contribution in [0.25, 0.3) is 10.2 Å². The molecule has 1 aromatic heterocycles. The van der Waals surface area contributed by atoms with Crippen molar-refractivity contribution in [3.63, 3.8) is 0 Å². The van der Waals surface area contributed by atoms with Crippen molar-refractivity contribution in [2.24, 2.45) is 5.73 Å². The van der Waals surface area contributed by atoms with Crippen LogP contribution in [0.4, 0.5) is 0 Å². The molecule has 1 aliphatic carbocycles. The molecule has 1 aliphatic rings. The second-order valence-electron chi connectivity index (χ2n) is 5.15. The molecule has 2 N–H and O–H groups in total. The largest absolute Gasteiger partial charge is 0.328 e. The van der Waals surface area contributed by atoms with E-state index >= 15 is 0 Å². The highest BCUT2D eigenvalue weighted by Gasteiger charge is 2.23. The number of aryl methyl sites for hydroxylation is 1. The molecule has 0 amide bonds. The lowest BCUT2D eigenvalue weighted by Gasteiger charge is -2.24. The van der Waals surface area contributed by atoms with Crippen molar-refractivity contribution in [2.75, 3.05) is 0 Å². The van der Waals surface area contributed by atoms with Gasteiger partial charge in [0.25, 0.3) is 0 Å². The van der Waals surface area contributed by atoms with Crippen molar-refractivity contribution in [1.29, 1.82) is 0 Å². The fraction of sp³-hybridized carbons (Fsp3) is 0.500. The summed E-state index contributed by atoms with van der Waals surface area (Å²) < 4.78 is 1.31. The highest BCUT2D eigenvalue weighted by atomic mass is 32.1. The van der Waals surface area contributed by atoms with Crippen molar-refractivity contribution in [2.45, 2.75) is 44.6 Å². The number of nitrogens with two attached hydrogens (primary N) is 1. The van der Waals surface area contributed by atoms with Crippen LogP contribution in [0.5, 0.6) is 0 Å². The zero-order chi connectivity index (χ0) is 11.8. The average Bonchev–Trinajstić information content (AvgIpc) is 2.72. The number of benzene rings is 1.